The van der Waals surface area contributed by atoms with Gasteiger partial charge in [-0.1, -0.05) is 29.8 Å². The summed E-state index contributed by atoms with van der Waals surface area (Å²) in [4.78, 5) is 23.9. The van der Waals surface area contributed by atoms with Gasteiger partial charge in [0.05, 0.1) is 19.3 Å². The molecule has 0 aliphatic rings. The Hall–Kier alpha value is -1.68. The fourth-order valence-electron chi connectivity index (χ4n) is 1.58. The van der Waals surface area contributed by atoms with Crippen LogP contribution in [0.15, 0.2) is 24.3 Å². The first-order valence-electron chi connectivity index (χ1n) is 8.80. The highest BCUT2D eigenvalue weighted by Crippen LogP contribution is 2.07. The number of benzene rings is 1. The summed E-state index contributed by atoms with van der Waals surface area (Å²) in [6, 6.07) is 7.16. The Kier molecular flexibility index (Phi) is 3.43. The molecule has 1 N–H and O–H groups in total. The van der Waals surface area contributed by atoms with E-state index in [1.54, 1.807) is 18.2 Å². The Balaban J connectivity index is 3.03. The Morgan fingerprint density at radius 2 is 2.37 bits per heavy atom. The molecule has 0 saturated heterocycles. The van der Waals surface area contributed by atoms with Crippen LogP contribution in [0.4, 0.5) is 0 Å². The van der Waals surface area contributed by atoms with Crippen molar-refractivity contribution in [1.29, 1.82) is 0 Å². The lowest BCUT2D eigenvalue weighted by molar-refractivity contribution is -0.130. The van der Waals surface area contributed by atoms with Crippen molar-refractivity contribution in [3.8, 4) is 0 Å². The van der Waals surface area contributed by atoms with Crippen molar-refractivity contribution in [2.24, 2.45) is 5.89 Å². The minimum atomic E-state index is -3.19. The number of hydrogen-bond acceptors (Lipinski definition) is 3. The first kappa shape index (κ1) is 8.48. The standard InChI is InChI=1S/C15H21NO3/c1-11-5-4-6-13(7-11)9-16-15(18)14(10-19-3)8-12(2)17/h4-7,14H,8-10H2,1-3H3,(H,16,18)/i3D3,10D2,14D. The lowest BCUT2D eigenvalue weighted by Crippen LogP contribution is -2.33. The zero-order valence-corrected chi connectivity index (χ0v) is 10.9. The van der Waals surface area contributed by atoms with Gasteiger partial charge in [-0.3, -0.25) is 4.79 Å². The minimum Gasteiger partial charge on any atom is -0.384 e. The Labute approximate surface area is 122 Å². The van der Waals surface area contributed by atoms with Gasteiger partial charge in [-0.2, -0.15) is 0 Å². The molecule has 1 unspecified atom stereocenters. The molecule has 1 aromatic rings. The van der Waals surface area contributed by atoms with E-state index < -0.39 is 37.6 Å². The van der Waals surface area contributed by atoms with Gasteiger partial charge < -0.3 is 14.8 Å². The van der Waals surface area contributed by atoms with Gasteiger partial charge in [-0.25, -0.2) is 0 Å². The second-order valence-corrected chi connectivity index (χ2v) is 4.23. The maximum Gasteiger partial charge on any atom is 0.226 e. The summed E-state index contributed by atoms with van der Waals surface area (Å²) in [5.74, 6) is -4.51. The summed E-state index contributed by atoms with van der Waals surface area (Å²) in [7, 11) is -3.16. The number of nitrogens with one attached hydrogen (secondary N) is 1. The second kappa shape index (κ2) is 7.69. The van der Waals surface area contributed by atoms with Gasteiger partial charge in [0.2, 0.25) is 5.91 Å². The summed E-state index contributed by atoms with van der Waals surface area (Å²) < 4.78 is 49.1. The van der Waals surface area contributed by atoms with Crippen LogP contribution in [0, 0.1) is 12.8 Å². The summed E-state index contributed by atoms with van der Waals surface area (Å²) in [6.45, 7) is -0.245. The fraction of sp³-hybridized carbons (Fsp3) is 0.467. The van der Waals surface area contributed by atoms with Gasteiger partial charge in [0, 0.05) is 21.4 Å². The molecule has 0 saturated carbocycles. The van der Waals surface area contributed by atoms with E-state index in [4.69, 9.17) is 8.22 Å². The molecule has 0 fully saturated rings. The molecule has 0 heterocycles. The number of ether oxygens (including phenoxy) is 1. The third-order valence-electron chi connectivity index (χ3n) is 2.41. The molecule has 19 heavy (non-hydrogen) atoms. The fourth-order valence-corrected chi connectivity index (χ4v) is 1.58. The zero-order chi connectivity index (χ0) is 19.5. The molecule has 0 radical (unpaired) electrons. The van der Waals surface area contributed by atoms with E-state index in [1.807, 2.05) is 13.0 Å². The number of carbonyl (C=O) groups is 2. The van der Waals surface area contributed by atoms with Crippen LogP contribution < -0.4 is 5.32 Å². The average molecular weight is 269 g/mol. The summed E-state index contributed by atoms with van der Waals surface area (Å²) >= 11 is 0. The average Bonchev–Trinajstić information content (AvgIpc) is 2.41. The van der Waals surface area contributed by atoms with E-state index in [1.165, 1.54) is 0 Å². The highest BCUT2D eigenvalue weighted by atomic mass is 16.5. The molecule has 104 valence electrons. The molecule has 4 heteroatoms. The SMILES string of the molecule is [2H]C([2H])([2H])OC([2H])([2H])C([2H])(CC(C)=O)C(=O)NCc1cccc(C)c1. The topological polar surface area (TPSA) is 55.4 Å². The van der Waals surface area contributed by atoms with Gasteiger partial charge in [-0.15, -0.1) is 0 Å². The van der Waals surface area contributed by atoms with Gasteiger partial charge in [0.1, 0.15) is 5.78 Å². The second-order valence-electron chi connectivity index (χ2n) is 4.23. The number of amides is 1. The van der Waals surface area contributed by atoms with Crippen molar-refractivity contribution in [3.05, 3.63) is 35.4 Å². The molecule has 1 amide bonds. The van der Waals surface area contributed by atoms with Crippen LogP contribution in [0.3, 0.4) is 0 Å². The number of aryl methyl sites for hydroxylation is 1. The largest absolute Gasteiger partial charge is 0.384 e. The van der Waals surface area contributed by atoms with E-state index in [-0.39, 0.29) is 6.54 Å². The van der Waals surface area contributed by atoms with Crippen LogP contribution in [0.5, 0.6) is 0 Å². The smallest absolute Gasteiger partial charge is 0.226 e. The molecule has 0 aliphatic heterocycles. The van der Waals surface area contributed by atoms with Crippen molar-refractivity contribution in [2.75, 3.05) is 13.6 Å². The maximum atomic E-state index is 12.4. The van der Waals surface area contributed by atoms with Crippen LogP contribution in [0.2, 0.25) is 0 Å². The molecule has 0 spiro atoms. The van der Waals surface area contributed by atoms with Crippen molar-refractivity contribution in [3.63, 3.8) is 0 Å². The molecule has 1 aromatic carbocycles. The lowest BCUT2D eigenvalue weighted by Gasteiger charge is -2.14. The lowest BCUT2D eigenvalue weighted by atomic mass is 10.0. The first-order chi connectivity index (χ1) is 11.3. The van der Waals surface area contributed by atoms with E-state index >= 15 is 0 Å². The van der Waals surface area contributed by atoms with Crippen LogP contribution in [0.25, 0.3) is 0 Å². The number of Topliss-reactive ketones (excluding diaryl/α,β-unsaturated/α-hetero) is 1. The van der Waals surface area contributed by atoms with E-state index in [0.717, 1.165) is 18.1 Å². The normalized spacial score (nSPS) is 19.7. The van der Waals surface area contributed by atoms with Crippen LogP contribution in [-0.4, -0.2) is 25.3 Å². The summed E-state index contributed by atoms with van der Waals surface area (Å²) in [6.07, 6.45) is -0.824. The third-order valence-corrected chi connectivity index (χ3v) is 2.41. The molecule has 0 aromatic heterocycles. The molecule has 1 atom stereocenters. The van der Waals surface area contributed by atoms with E-state index in [2.05, 4.69) is 10.1 Å². The third kappa shape index (κ3) is 5.66. The van der Waals surface area contributed by atoms with Crippen LogP contribution in [-0.2, 0) is 20.9 Å². The van der Waals surface area contributed by atoms with E-state index in [0.29, 0.717) is 0 Å². The van der Waals surface area contributed by atoms with Gasteiger partial charge in [-0.05, 0) is 19.4 Å². The number of methoxy groups -OCH3 is 1. The van der Waals surface area contributed by atoms with Crippen molar-refractivity contribution in [1.82, 2.24) is 5.32 Å². The predicted molar refractivity (Wildman–Crippen MR) is 73.7 cm³/mol. The monoisotopic (exact) mass is 269 g/mol. The molecular weight excluding hydrogens is 242 g/mol. The van der Waals surface area contributed by atoms with Gasteiger partial charge in [0.25, 0.3) is 0 Å². The van der Waals surface area contributed by atoms with Gasteiger partial charge >= 0.3 is 0 Å². The Morgan fingerprint density at radius 3 is 3.00 bits per heavy atom. The zero-order valence-electron chi connectivity index (χ0n) is 16.9. The Morgan fingerprint density at radius 1 is 1.58 bits per heavy atom. The number of carbonyl (C=O) groups excluding carboxylic acids is 2. The highest BCUT2D eigenvalue weighted by Gasteiger charge is 2.19. The maximum absolute atomic E-state index is 12.4. The van der Waals surface area contributed by atoms with E-state index in [9.17, 15) is 9.59 Å². The predicted octanol–water partition coefficient (Wildman–Crippen LogP) is 1.85. The minimum absolute atomic E-state index is 0.00287. The van der Waals surface area contributed by atoms with Crippen LogP contribution >= 0.6 is 0 Å². The number of rotatable bonds is 7. The quantitative estimate of drug-likeness (QED) is 0.822. The molecular formula is C15H21NO3. The van der Waals surface area contributed by atoms with Gasteiger partial charge in [0.15, 0.2) is 0 Å². The number of ketones is 1. The highest BCUT2D eigenvalue weighted by molar-refractivity contribution is 5.85. The van der Waals surface area contributed by atoms with Crippen LogP contribution in [0.1, 0.15) is 32.7 Å². The summed E-state index contributed by atoms with van der Waals surface area (Å²) in [5.41, 5.74) is 1.67. The molecule has 0 bridgehead atoms. The van der Waals surface area contributed by atoms with Crippen molar-refractivity contribution in [2.45, 2.75) is 26.8 Å². The summed E-state index contributed by atoms with van der Waals surface area (Å²) in [5, 5.41) is 2.38. The van der Waals surface area contributed by atoms with Crippen molar-refractivity contribution >= 4 is 11.7 Å². The van der Waals surface area contributed by atoms with Crippen molar-refractivity contribution < 1.29 is 22.6 Å². The first-order valence-corrected chi connectivity index (χ1v) is 5.80. The Bertz CT molecular complexity index is 646. The molecule has 4 nitrogen and oxygen atoms in total. The number of hydrogen-bond donors (Lipinski definition) is 1. The molecule has 1 rings (SSSR count). The molecule has 0 aliphatic carbocycles.